The largest absolute Gasteiger partial charge is 0.490 e. The van der Waals surface area contributed by atoms with E-state index < -0.39 is 32.1 Å². The van der Waals surface area contributed by atoms with E-state index in [1.807, 2.05) is 0 Å². The summed E-state index contributed by atoms with van der Waals surface area (Å²) in [5.41, 5.74) is -0.164. The van der Waals surface area contributed by atoms with Crippen LogP contribution in [-0.4, -0.2) is 35.3 Å². The molecule has 32 heavy (non-hydrogen) atoms. The van der Waals surface area contributed by atoms with E-state index in [9.17, 15) is 22.1 Å². The SMILES string of the molecule is COCCN=O.O=S(=O)(c1ccc(Cl)cc1)[C@@]12CCCCC1COc1c(F)ccc(F)c12. The lowest BCUT2D eigenvalue weighted by atomic mass is 9.73. The van der Waals surface area contributed by atoms with Crippen molar-refractivity contribution in [1.82, 2.24) is 0 Å². The highest BCUT2D eigenvalue weighted by atomic mass is 35.5. The lowest BCUT2D eigenvalue weighted by Gasteiger charge is -2.47. The van der Waals surface area contributed by atoms with E-state index in [0.29, 0.717) is 24.5 Å². The number of nitroso groups, excluding NO2 is 1. The molecule has 6 nitrogen and oxygen atoms in total. The van der Waals surface area contributed by atoms with Crippen molar-refractivity contribution >= 4 is 21.4 Å². The smallest absolute Gasteiger partial charge is 0.188 e. The Bertz CT molecular complexity index is 1060. The monoisotopic (exact) mass is 487 g/mol. The van der Waals surface area contributed by atoms with E-state index in [1.165, 1.54) is 31.4 Å². The number of sulfone groups is 1. The fraction of sp³-hybridized carbons (Fsp3) is 0.455. The van der Waals surface area contributed by atoms with Gasteiger partial charge in [-0.05, 0) is 49.2 Å². The van der Waals surface area contributed by atoms with Gasteiger partial charge in [0.1, 0.15) is 17.1 Å². The van der Waals surface area contributed by atoms with Crippen LogP contribution in [0.4, 0.5) is 8.78 Å². The van der Waals surface area contributed by atoms with Gasteiger partial charge in [-0.1, -0.05) is 29.6 Å². The maximum atomic E-state index is 14.8. The summed E-state index contributed by atoms with van der Waals surface area (Å²) in [6.45, 7) is 0.750. The molecule has 0 spiro atoms. The maximum Gasteiger partial charge on any atom is 0.188 e. The molecule has 1 fully saturated rings. The van der Waals surface area contributed by atoms with Gasteiger partial charge in [0.05, 0.1) is 23.7 Å². The molecule has 2 aliphatic rings. The van der Waals surface area contributed by atoms with Crippen molar-refractivity contribution in [3.8, 4) is 5.75 Å². The van der Waals surface area contributed by atoms with Crippen molar-refractivity contribution in [3.05, 3.63) is 63.5 Å². The van der Waals surface area contributed by atoms with Crippen LogP contribution in [0.2, 0.25) is 5.02 Å². The molecule has 0 bridgehead atoms. The third-order valence-electron chi connectivity index (χ3n) is 5.91. The van der Waals surface area contributed by atoms with Gasteiger partial charge < -0.3 is 9.47 Å². The number of rotatable bonds is 5. The molecule has 2 aromatic carbocycles. The van der Waals surface area contributed by atoms with E-state index in [1.54, 1.807) is 0 Å². The molecule has 4 rings (SSSR count). The highest BCUT2D eigenvalue weighted by Gasteiger charge is 2.58. The Balaban J connectivity index is 0.000000427. The first-order valence-electron chi connectivity index (χ1n) is 10.2. The molecule has 0 amide bonds. The second-order valence-corrected chi connectivity index (χ2v) is 10.3. The molecule has 0 saturated heterocycles. The molecule has 1 aliphatic carbocycles. The van der Waals surface area contributed by atoms with Gasteiger partial charge in [-0.15, -0.1) is 0 Å². The molecule has 10 heteroatoms. The summed E-state index contributed by atoms with van der Waals surface area (Å²) >= 11 is 5.89. The molecule has 0 N–H and O–H groups in total. The molecule has 174 valence electrons. The third-order valence-corrected chi connectivity index (χ3v) is 8.76. The quantitative estimate of drug-likeness (QED) is 0.424. The maximum absolute atomic E-state index is 14.8. The van der Waals surface area contributed by atoms with Gasteiger partial charge in [0, 0.05) is 18.1 Å². The summed E-state index contributed by atoms with van der Waals surface area (Å²) < 4.78 is 65.0. The van der Waals surface area contributed by atoms with Crippen molar-refractivity contribution in [1.29, 1.82) is 0 Å². The van der Waals surface area contributed by atoms with Crippen LogP contribution in [0.1, 0.15) is 31.2 Å². The Morgan fingerprint density at radius 1 is 1.16 bits per heavy atom. The second-order valence-electron chi connectivity index (χ2n) is 7.68. The molecule has 0 radical (unpaired) electrons. The van der Waals surface area contributed by atoms with Crippen LogP contribution in [0.3, 0.4) is 0 Å². The molecule has 1 heterocycles. The van der Waals surface area contributed by atoms with Gasteiger partial charge in [-0.3, -0.25) is 0 Å². The van der Waals surface area contributed by atoms with Gasteiger partial charge in [0.25, 0.3) is 0 Å². The minimum absolute atomic E-state index is 0.0557. The van der Waals surface area contributed by atoms with Crippen LogP contribution >= 0.6 is 11.6 Å². The number of methoxy groups -OCH3 is 1. The Morgan fingerprint density at radius 2 is 1.84 bits per heavy atom. The molecular weight excluding hydrogens is 464 g/mol. The highest BCUT2D eigenvalue weighted by molar-refractivity contribution is 7.92. The van der Waals surface area contributed by atoms with E-state index in [-0.39, 0.29) is 35.8 Å². The fourth-order valence-corrected chi connectivity index (χ4v) is 6.99. The number of hydrogen-bond donors (Lipinski definition) is 0. The number of fused-ring (bicyclic) bond motifs is 3. The Kier molecular flexibility index (Phi) is 7.84. The standard InChI is InChI=1S/C19H17ClF2O3S.C3H7NO2/c20-13-4-6-14(7-5-13)26(23,24)19-10-2-1-3-12(19)11-25-18-16(22)9-8-15(21)17(18)19;1-6-3-2-4-5/h4-9,12H,1-3,10-11H2;2-3H2,1H3/t12?,19-;/m0./s1. The number of hydrogen-bond acceptors (Lipinski definition) is 6. The van der Waals surface area contributed by atoms with E-state index >= 15 is 0 Å². The minimum Gasteiger partial charge on any atom is -0.490 e. The van der Waals surface area contributed by atoms with Crippen LogP contribution in [0.5, 0.6) is 5.75 Å². The summed E-state index contributed by atoms with van der Waals surface area (Å²) in [4.78, 5) is 9.29. The van der Waals surface area contributed by atoms with Crippen LogP contribution in [0.25, 0.3) is 0 Å². The predicted molar refractivity (Wildman–Crippen MR) is 117 cm³/mol. The van der Waals surface area contributed by atoms with Crippen LogP contribution in [0.15, 0.2) is 46.5 Å². The van der Waals surface area contributed by atoms with Gasteiger partial charge >= 0.3 is 0 Å². The Hall–Kier alpha value is -2.10. The third kappa shape index (κ3) is 4.38. The van der Waals surface area contributed by atoms with Crippen molar-refractivity contribution in [2.24, 2.45) is 11.1 Å². The van der Waals surface area contributed by atoms with Crippen molar-refractivity contribution < 1.29 is 26.7 Å². The van der Waals surface area contributed by atoms with Crippen LogP contribution in [-0.2, 0) is 19.3 Å². The number of benzene rings is 2. The van der Waals surface area contributed by atoms with Crippen LogP contribution < -0.4 is 4.74 Å². The summed E-state index contributed by atoms with van der Waals surface area (Å²) in [5, 5.41) is 2.96. The molecule has 1 saturated carbocycles. The summed E-state index contributed by atoms with van der Waals surface area (Å²) in [5.74, 6) is -2.19. The number of ether oxygens (including phenoxy) is 2. The fourth-order valence-electron chi connectivity index (χ4n) is 4.46. The molecule has 1 unspecified atom stereocenters. The number of halogens is 3. The summed E-state index contributed by atoms with van der Waals surface area (Å²) in [7, 11) is -2.47. The van der Waals surface area contributed by atoms with Crippen molar-refractivity contribution in [3.63, 3.8) is 0 Å². The van der Waals surface area contributed by atoms with E-state index in [0.717, 1.165) is 18.6 Å². The zero-order chi connectivity index (χ0) is 23.4. The minimum atomic E-state index is -4.00. The Morgan fingerprint density at radius 3 is 2.47 bits per heavy atom. The molecule has 1 aliphatic heterocycles. The topological polar surface area (TPSA) is 82.0 Å². The first-order valence-corrected chi connectivity index (χ1v) is 12.0. The molecular formula is C22H24ClF2NO5S. The summed E-state index contributed by atoms with van der Waals surface area (Å²) in [6.07, 6.45) is 2.28. The lowest BCUT2D eigenvalue weighted by molar-refractivity contribution is 0.124. The number of nitrogens with zero attached hydrogens (tertiary/aromatic N) is 1. The zero-order valence-corrected chi connectivity index (χ0v) is 19.1. The van der Waals surface area contributed by atoms with Crippen LogP contribution in [0, 0.1) is 22.5 Å². The summed E-state index contributed by atoms with van der Waals surface area (Å²) in [6, 6.07) is 7.78. The van der Waals surface area contributed by atoms with Crippen molar-refractivity contribution in [2.45, 2.75) is 35.3 Å². The highest BCUT2D eigenvalue weighted by Crippen LogP contribution is 2.56. The van der Waals surface area contributed by atoms with Gasteiger partial charge in [-0.25, -0.2) is 17.2 Å². The molecule has 0 aromatic heterocycles. The predicted octanol–water partition coefficient (Wildman–Crippen LogP) is 5.27. The van der Waals surface area contributed by atoms with E-state index in [4.69, 9.17) is 16.3 Å². The first-order chi connectivity index (χ1) is 15.3. The van der Waals surface area contributed by atoms with Gasteiger partial charge in [-0.2, -0.15) is 4.91 Å². The van der Waals surface area contributed by atoms with Gasteiger partial charge in [0.15, 0.2) is 21.4 Å². The first kappa shape index (κ1) is 24.5. The Labute approximate surface area is 190 Å². The average Bonchev–Trinajstić information content (AvgIpc) is 2.80. The van der Waals surface area contributed by atoms with Crippen molar-refractivity contribution in [2.75, 3.05) is 26.9 Å². The van der Waals surface area contributed by atoms with Gasteiger partial charge in [0.2, 0.25) is 0 Å². The normalized spacial score (nSPS) is 21.9. The zero-order valence-electron chi connectivity index (χ0n) is 17.5. The lowest BCUT2D eigenvalue weighted by Crippen LogP contribution is -2.50. The second kappa shape index (κ2) is 10.2. The average molecular weight is 488 g/mol. The van der Waals surface area contributed by atoms with E-state index in [2.05, 4.69) is 9.91 Å². The molecule has 2 atom stereocenters. The molecule has 2 aromatic rings.